The molecule has 3 amide bonds. The number of nitrogens with zero attached hydrogens (tertiary/aromatic N) is 2. The third-order valence-corrected chi connectivity index (χ3v) is 5.19. The van der Waals surface area contributed by atoms with Crippen LogP contribution in [0.3, 0.4) is 0 Å². The van der Waals surface area contributed by atoms with Crippen molar-refractivity contribution in [3.63, 3.8) is 0 Å². The average Bonchev–Trinajstić information content (AvgIpc) is 2.97. The zero-order valence-corrected chi connectivity index (χ0v) is 15.1. The van der Waals surface area contributed by atoms with Gasteiger partial charge in [-0.25, -0.2) is 13.8 Å². The number of ether oxygens (including phenoxy) is 1. The lowest BCUT2D eigenvalue weighted by atomic mass is 10.2. The number of carbonyl (C=O) groups excluding carboxylic acids is 3. The minimum absolute atomic E-state index is 0.00111. The number of halogens is 2. The zero-order chi connectivity index (χ0) is 19.4. The first-order valence-electron chi connectivity index (χ1n) is 8.31. The van der Waals surface area contributed by atoms with Gasteiger partial charge in [0.1, 0.15) is 16.9 Å². The third kappa shape index (κ3) is 5.10. The van der Waals surface area contributed by atoms with Gasteiger partial charge in [-0.05, 0) is 12.1 Å². The molecule has 0 saturated carbocycles. The monoisotopic (exact) mass is 397 g/mol. The molecule has 0 unspecified atom stereocenters. The highest BCUT2D eigenvalue weighted by Crippen LogP contribution is 2.28. The Morgan fingerprint density at radius 1 is 1.30 bits per heavy atom. The second kappa shape index (κ2) is 8.57. The van der Waals surface area contributed by atoms with Gasteiger partial charge >= 0.3 is 0 Å². The van der Waals surface area contributed by atoms with Crippen molar-refractivity contribution in [2.75, 3.05) is 31.6 Å². The molecule has 0 bridgehead atoms. The van der Waals surface area contributed by atoms with Gasteiger partial charge in [-0.2, -0.15) is 0 Å². The number of amides is 3. The number of hydrogen-bond acceptors (Lipinski definition) is 5. The highest BCUT2D eigenvalue weighted by Gasteiger charge is 2.32. The van der Waals surface area contributed by atoms with Gasteiger partial charge in [0, 0.05) is 25.6 Å². The van der Waals surface area contributed by atoms with Gasteiger partial charge in [0.2, 0.25) is 11.8 Å². The van der Waals surface area contributed by atoms with Gasteiger partial charge in [0.05, 0.1) is 30.4 Å². The fraction of sp³-hybridized carbons (Fsp3) is 0.412. The lowest BCUT2D eigenvalue weighted by molar-refractivity contribution is -0.133. The topological polar surface area (TPSA) is 88.1 Å². The van der Waals surface area contributed by atoms with Crippen LogP contribution in [0.15, 0.2) is 23.2 Å². The van der Waals surface area contributed by atoms with E-state index >= 15 is 0 Å². The predicted octanol–water partition coefficient (Wildman–Crippen LogP) is 1.58. The van der Waals surface area contributed by atoms with Crippen LogP contribution in [0.5, 0.6) is 0 Å². The van der Waals surface area contributed by atoms with Crippen molar-refractivity contribution in [3.8, 4) is 0 Å². The van der Waals surface area contributed by atoms with E-state index in [0.717, 1.165) is 23.9 Å². The molecule has 1 fully saturated rings. The first-order chi connectivity index (χ1) is 12.9. The number of nitrogens with one attached hydrogen (secondary N) is 1. The Hall–Kier alpha value is -2.33. The van der Waals surface area contributed by atoms with Crippen LogP contribution < -0.4 is 5.32 Å². The molecule has 10 heteroatoms. The quantitative estimate of drug-likeness (QED) is 0.815. The van der Waals surface area contributed by atoms with Crippen molar-refractivity contribution < 1.29 is 27.9 Å². The highest BCUT2D eigenvalue weighted by atomic mass is 32.2. The number of aliphatic imine (C=N–C) groups is 1. The largest absolute Gasteiger partial charge is 0.378 e. The molecular weight excluding hydrogens is 380 g/mol. The molecule has 1 aromatic carbocycles. The molecule has 2 heterocycles. The van der Waals surface area contributed by atoms with E-state index in [0.29, 0.717) is 37.4 Å². The number of thioether (sulfide) groups is 1. The maximum absolute atomic E-state index is 13.6. The number of anilines is 1. The van der Waals surface area contributed by atoms with Crippen LogP contribution in [-0.4, -0.2) is 59.2 Å². The van der Waals surface area contributed by atoms with E-state index in [2.05, 4.69) is 10.3 Å². The molecule has 3 rings (SSSR count). The van der Waals surface area contributed by atoms with Gasteiger partial charge in [-0.1, -0.05) is 11.8 Å². The van der Waals surface area contributed by atoms with Gasteiger partial charge in [0.25, 0.3) is 5.91 Å². The number of rotatable bonds is 5. The smallest absolute Gasteiger partial charge is 0.260 e. The summed E-state index contributed by atoms with van der Waals surface area (Å²) in [4.78, 5) is 41.7. The Morgan fingerprint density at radius 2 is 2.04 bits per heavy atom. The average molecular weight is 397 g/mol. The molecule has 27 heavy (non-hydrogen) atoms. The number of carbonyl (C=O) groups is 3. The van der Waals surface area contributed by atoms with Crippen LogP contribution in [0.25, 0.3) is 0 Å². The fourth-order valence-electron chi connectivity index (χ4n) is 2.66. The standard InChI is InChI=1S/C17H17F2N3O4S/c18-10-1-2-12(11(19)7-10)20-14(23)8-13-17(25)21-15(27-13)9-16(24)22-3-5-26-6-4-22/h1-2,7,13H,3-6,8-9H2,(H,20,23)/t13-/m1/s1. The van der Waals surface area contributed by atoms with E-state index in [1.807, 2.05) is 0 Å². The van der Waals surface area contributed by atoms with Crippen LogP contribution in [0.2, 0.25) is 0 Å². The van der Waals surface area contributed by atoms with Crippen LogP contribution in [0.4, 0.5) is 14.5 Å². The van der Waals surface area contributed by atoms with E-state index in [-0.39, 0.29) is 24.4 Å². The summed E-state index contributed by atoms with van der Waals surface area (Å²) < 4.78 is 31.7. The normalized spacial score (nSPS) is 19.8. The Kier molecular flexibility index (Phi) is 6.17. The second-order valence-corrected chi connectivity index (χ2v) is 7.27. The Labute approximate surface area is 158 Å². The second-order valence-electron chi connectivity index (χ2n) is 6.00. The summed E-state index contributed by atoms with van der Waals surface area (Å²) in [6.45, 7) is 1.96. The first kappa shape index (κ1) is 19.4. The first-order valence-corrected chi connectivity index (χ1v) is 9.19. The van der Waals surface area contributed by atoms with E-state index < -0.39 is 28.7 Å². The Morgan fingerprint density at radius 3 is 2.74 bits per heavy atom. The Balaban J connectivity index is 1.51. The highest BCUT2D eigenvalue weighted by molar-refractivity contribution is 8.15. The van der Waals surface area contributed by atoms with E-state index in [4.69, 9.17) is 4.74 Å². The van der Waals surface area contributed by atoms with Crippen molar-refractivity contribution in [1.29, 1.82) is 0 Å². The molecule has 1 saturated heterocycles. The summed E-state index contributed by atoms with van der Waals surface area (Å²) in [5.41, 5.74) is -0.166. The molecule has 144 valence electrons. The molecule has 2 aliphatic heterocycles. The van der Waals surface area contributed by atoms with Gasteiger partial charge < -0.3 is 15.0 Å². The van der Waals surface area contributed by atoms with Gasteiger partial charge in [-0.15, -0.1) is 0 Å². The summed E-state index contributed by atoms with van der Waals surface area (Å²) in [5, 5.41) is 1.91. The van der Waals surface area contributed by atoms with E-state index in [1.54, 1.807) is 4.90 Å². The fourth-order valence-corrected chi connectivity index (χ4v) is 3.73. The zero-order valence-electron chi connectivity index (χ0n) is 14.2. The molecular formula is C17H17F2N3O4S. The summed E-state index contributed by atoms with van der Waals surface area (Å²) in [7, 11) is 0. The van der Waals surface area contributed by atoms with E-state index in [1.165, 1.54) is 0 Å². The van der Waals surface area contributed by atoms with Gasteiger partial charge in [-0.3, -0.25) is 14.4 Å². The minimum atomic E-state index is -0.901. The number of benzene rings is 1. The maximum Gasteiger partial charge on any atom is 0.260 e. The summed E-state index contributed by atoms with van der Waals surface area (Å²) in [6, 6.07) is 2.78. The molecule has 2 aliphatic rings. The molecule has 1 atom stereocenters. The van der Waals surface area contributed by atoms with Crippen molar-refractivity contribution >= 4 is 40.2 Å². The molecule has 0 spiro atoms. The molecule has 0 aliphatic carbocycles. The predicted molar refractivity (Wildman–Crippen MR) is 95.4 cm³/mol. The Bertz CT molecular complexity index is 796. The van der Waals surface area contributed by atoms with E-state index in [9.17, 15) is 23.2 Å². The molecule has 0 aromatic heterocycles. The summed E-state index contributed by atoms with van der Waals surface area (Å²) in [6.07, 6.45) is -0.222. The van der Waals surface area contributed by atoms with Crippen molar-refractivity contribution in [1.82, 2.24) is 4.90 Å². The van der Waals surface area contributed by atoms with Crippen LogP contribution >= 0.6 is 11.8 Å². The SMILES string of the molecule is O=C(C[C@H]1SC(CC(=O)N2CCOCC2)=NC1=O)Nc1ccc(F)cc1F. The van der Waals surface area contributed by atoms with Crippen LogP contribution in [0, 0.1) is 11.6 Å². The minimum Gasteiger partial charge on any atom is -0.378 e. The summed E-state index contributed by atoms with van der Waals surface area (Å²) >= 11 is 1.06. The third-order valence-electron chi connectivity index (χ3n) is 4.03. The molecule has 1 N–H and O–H groups in total. The summed E-state index contributed by atoms with van der Waals surface area (Å²) in [5.74, 6) is -2.89. The number of hydrogen-bond donors (Lipinski definition) is 1. The molecule has 1 aromatic rings. The van der Waals surface area contributed by atoms with Crippen LogP contribution in [-0.2, 0) is 19.1 Å². The van der Waals surface area contributed by atoms with Crippen molar-refractivity contribution in [2.24, 2.45) is 4.99 Å². The maximum atomic E-state index is 13.6. The lowest BCUT2D eigenvalue weighted by Gasteiger charge is -2.26. The van der Waals surface area contributed by atoms with Gasteiger partial charge in [0.15, 0.2) is 0 Å². The number of morpholine rings is 1. The van der Waals surface area contributed by atoms with Crippen molar-refractivity contribution in [2.45, 2.75) is 18.1 Å². The van der Waals surface area contributed by atoms with Crippen LogP contribution in [0.1, 0.15) is 12.8 Å². The molecule has 0 radical (unpaired) electrons. The van der Waals surface area contributed by atoms with Crippen molar-refractivity contribution in [3.05, 3.63) is 29.8 Å². The molecule has 7 nitrogen and oxygen atoms in total. The lowest BCUT2D eigenvalue weighted by Crippen LogP contribution is -2.41.